The number of nitrogens with zero attached hydrogens (tertiary/aromatic N) is 2. The summed E-state index contributed by atoms with van der Waals surface area (Å²) in [4.78, 5) is 22.1. The number of nitrogens with two attached hydrogens (primary N) is 1. The molecule has 1 aliphatic rings. The number of carbonyl (C=O) groups is 1. The monoisotopic (exact) mass is 586 g/mol. The van der Waals surface area contributed by atoms with Crippen LogP contribution in [0.15, 0.2) is 42.9 Å². The molecule has 1 unspecified atom stereocenters. The van der Waals surface area contributed by atoms with Crippen LogP contribution in [0.1, 0.15) is 45.3 Å². The number of halogens is 2. The molecular formula is C23H24Cl2N4O6S2. The van der Waals surface area contributed by atoms with Crippen molar-refractivity contribution in [3.05, 3.63) is 73.8 Å². The van der Waals surface area contributed by atoms with Gasteiger partial charge in [0.2, 0.25) is 5.78 Å². The molecular weight excluding hydrogens is 563 g/mol. The number of methoxy groups -OCH3 is 1. The van der Waals surface area contributed by atoms with E-state index in [0.717, 1.165) is 16.9 Å². The van der Waals surface area contributed by atoms with Crippen LogP contribution in [0.5, 0.6) is 0 Å². The molecule has 0 radical (unpaired) electrons. The number of aliphatic hydroxyl groups excluding tert-OH is 1. The van der Waals surface area contributed by atoms with Gasteiger partial charge >= 0.3 is 10.3 Å². The number of anilines is 1. The van der Waals surface area contributed by atoms with Gasteiger partial charge in [0.05, 0.1) is 27.5 Å². The molecule has 14 heteroatoms. The zero-order valence-corrected chi connectivity index (χ0v) is 22.6. The van der Waals surface area contributed by atoms with Crippen molar-refractivity contribution in [2.75, 3.05) is 19.0 Å². The minimum atomic E-state index is -4.11. The van der Waals surface area contributed by atoms with Gasteiger partial charge < -0.3 is 15.2 Å². The Kier molecular flexibility index (Phi) is 8.81. The number of rotatable bonds is 10. The van der Waals surface area contributed by atoms with Gasteiger partial charge in [-0.15, -0.1) is 11.3 Å². The average Bonchev–Trinajstić information content (AvgIpc) is 3.39. The van der Waals surface area contributed by atoms with Gasteiger partial charge in [0.25, 0.3) is 0 Å². The summed E-state index contributed by atoms with van der Waals surface area (Å²) in [5.74, 6) is -0.503. The van der Waals surface area contributed by atoms with E-state index in [2.05, 4.69) is 19.5 Å². The number of benzene rings is 1. The lowest BCUT2D eigenvalue weighted by molar-refractivity contribution is 0.101. The van der Waals surface area contributed by atoms with E-state index < -0.39 is 28.4 Å². The molecule has 198 valence electrons. The van der Waals surface area contributed by atoms with Gasteiger partial charge in [-0.3, -0.25) is 8.98 Å². The van der Waals surface area contributed by atoms with Crippen LogP contribution >= 0.6 is 34.5 Å². The van der Waals surface area contributed by atoms with Gasteiger partial charge in [-0.1, -0.05) is 35.3 Å². The van der Waals surface area contributed by atoms with Crippen LogP contribution in [0.25, 0.3) is 0 Å². The quantitative estimate of drug-likeness (QED) is 0.302. The standard InChI is InChI=1S/C23H24Cl2N4O6S2/c1-34-21(12-3-2-4-14(24)5-12)16-8-19(36-22(16)25)20(31)17-9-27-11-28-23(17)29-15-6-13(18(30)7-15)10-35-37(26,32)33/h2-5,8-9,11,13,15,18,21,30H,6-7,10H2,1H3,(H2,26,32,33)(H,27,28,29)/t13-,15-,18+,21?/m1/s1. The first-order valence-electron chi connectivity index (χ1n) is 11.1. The van der Waals surface area contributed by atoms with E-state index in [4.69, 9.17) is 33.1 Å². The Hall–Kier alpha value is -2.16. The molecule has 2 heterocycles. The predicted octanol–water partition coefficient (Wildman–Crippen LogP) is 3.58. The van der Waals surface area contributed by atoms with Crippen LogP contribution in [0.3, 0.4) is 0 Å². The number of aliphatic hydroxyl groups is 1. The highest BCUT2D eigenvalue weighted by Crippen LogP contribution is 2.39. The molecule has 0 amide bonds. The summed E-state index contributed by atoms with van der Waals surface area (Å²) in [6, 6.07) is 8.59. The molecule has 2 aromatic heterocycles. The fourth-order valence-corrected chi connectivity index (χ4v) is 6.14. The van der Waals surface area contributed by atoms with Crippen molar-refractivity contribution >= 4 is 56.4 Å². The Labute approximate surface area is 228 Å². The third kappa shape index (κ3) is 6.84. The smallest absolute Gasteiger partial charge is 0.333 e. The molecule has 1 saturated carbocycles. The zero-order chi connectivity index (χ0) is 26.7. The van der Waals surface area contributed by atoms with Crippen LogP contribution < -0.4 is 10.5 Å². The molecule has 0 spiro atoms. The zero-order valence-electron chi connectivity index (χ0n) is 19.5. The summed E-state index contributed by atoms with van der Waals surface area (Å²) in [6.07, 6.45) is 2.07. The average molecular weight is 588 g/mol. The lowest BCUT2D eigenvalue weighted by atomic mass is 10.0. The first kappa shape index (κ1) is 27.9. The molecule has 4 N–H and O–H groups in total. The Morgan fingerprint density at radius 1 is 1.32 bits per heavy atom. The number of thiophene rings is 1. The van der Waals surface area contributed by atoms with Crippen molar-refractivity contribution in [1.29, 1.82) is 0 Å². The number of nitrogens with one attached hydrogen (secondary N) is 1. The Bertz CT molecular complexity index is 1390. The largest absolute Gasteiger partial charge is 0.393 e. The summed E-state index contributed by atoms with van der Waals surface area (Å²) < 4.78 is 32.9. The maximum absolute atomic E-state index is 13.5. The summed E-state index contributed by atoms with van der Waals surface area (Å²) in [6.45, 7) is -0.239. The first-order chi connectivity index (χ1) is 17.6. The number of carbonyl (C=O) groups excluding carboxylic acids is 1. The molecule has 0 bridgehead atoms. The van der Waals surface area contributed by atoms with Gasteiger partial charge in [-0.25, -0.2) is 15.1 Å². The highest BCUT2D eigenvalue weighted by atomic mass is 35.5. The molecule has 10 nitrogen and oxygen atoms in total. The van der Waals surface area contributed by atoms with Crippen molar-refractivity contribution in [2.24, 2.45) is 11.1 Å². The molecule has 1 aromatic carbocycles. The van der Waals surface area contributed by atoms with Crippen LogP contribution in [0, 0.1) is 5.92 Å². The van der Waals surface area contributed by atoms with E-state index >= 15 is 0 Å². The molecule has 1 aliphatic carbocycles. The lowest BCUT2D eigenvalue weighted by Gasteiger charge is -2.16. The maximum atomic E-state index is 13.5. The summed E-state index contributed by atoms with van der Waals surface area (Å²) in [7, 11) is -2.56. The lowest BCUT2D eigenvalue weighted by Crippen LogP contribution is -2.24. The Morgan fingerprint density at radius 2 is 2.11 bits per heavy atom. The maximum Gasteiger partial charge on any atom is 0.333 e. The van der Waals surface area contributed by atoms with E-state index in [1.165, 1.54) is 12.5 Å². The number of ether oxygens (including phenoxy) is 1. The van der Waals surface area contributed by atoms with Gasteiger partial charge in [-0.05, 0) is 36.6 Å². The minimum absolute atomic E-state index is 0.224. The Balaban J connectivity index is 1.53. The second kappa shape index (κ2) is 11.7. The van der Waals surface area contributed by atoms with Crippen LogP contribution in [-0.4, -0.2) is 55.1 Å². The molecule has 0 saturated heterocycles. The third-order valence-corrected chi connectivity index (χ3v) is 8.10. The van der Waals surface area contributed by atoms with Crippen molar-refractivity contribution in [3.8, 4) is 0 Å². The second-order valence-electron chi connectivity index (χ2n) is 8.54. The number of hydrogen-bond acceptors (Lipinski definition) is 10. The van der Waals surface area contributed by atoms with Gasteiger partial charge in [0.1, 0.15) is 18.2 Å². The number of hydrogen-bond donors (Lipinski definition) is 3. The van der Waals surface area contributed by atoms with E-state index in [-0.39, 0.29) is 29.8 Å². The first-order valence-corrected chi connectivity index (χ1v) is 14.1. The second-order valence-corrected chi connectivity index (χ2v) is 11.9. The van der Waals surface area contributed by atoms with Gasteiger partial charge in [-0.2, -0.15) is 8.42 Å². The van der Waals surface area contributed by atoms with Gasteiger partial charge in [0.15, 0.2) is 0 Å². The molecule has 0 aliphatic heterocycles. The van der Waals surface area contributed by atoms with Crippen LogP contribution in [0.4, 0.5) is 5.82 Å². The summed E-state index contributed by atoms with van der Waals surface area (Å²) in [5.41, 5.74) is 1.64. The van der Waals surface area contributed by atoms with E-state index in [9.17, 15) is 18.3 Å². The van der Waals surface area contributed by atoms with E-state index in [1.807, 2.05) is 6.07 Å². The predicted molar refractivity (Wildman–Crippen MR) is 140 cm³/mol. The molecule has 1 fully saturated rings. The summed E-state index contributed by atoms with van der Waals surface area (Å²) in [5, 5.41) is 18.9. The fraction of sp³-hybridized carbons (Fsp3) is 0.348. The van der Waals surface area contributed by atoms with Crippen molar-refractivity contribution < 1.29 is 27.2 Å². The molecule has 3 aromatic rings. The third-order valence-electron chi connectivity index (χ3n) is 6.01. The number of ketones is 1. The van der Waals surface area contributed by atoms with Crippen molar-refractivity contribution in [3.63, 3.8) is 0 Å². The van der Waals surface area contributed by atoms with Crippen molar-refractivity contribution in [2.45, 2.75) is 31.1 Å². The van der Waals surface area contributed by atoms with Crippen LogP contribution in [0.2, 0.25) is 9.36 Å². The molecule has 4 atom stereocenters. The SMILES string of the molecule is COC(c1cccc(Cl)c1)c1cc(C(=O)c2cncnc2N[C@@H]2C[C@H](COS(N)(=O)=O)[C@@H](O)C2)sc1Cl. The van der Waals surface area contributed by atoms with E-state index in [0.29, 0.717) is 32.6 Å². The number of aromatic nitrogens is 2. The highest BCUT2D eigenvalue weighted by molar-refractivity contribution is 7.84. The summed E-state index contributed by atoms with van der Waals surface area (Å²) >= 11 is 13.8. The topological polar surface area (TPSA) is 154 Å². The van der Waals surface area contributed by atoms with Crippen molar-refractivity contribution in [1.82, 2.24) is 9.97 Å². The highest BCUT2D eigenvalue weighted by Gasteiger charge is 2.35. The molecule has 37 heavy (non-hydrogen) atoms. The van der Waals surface area contributed by atoms with Gasteiger partial charge in [0, 0.05) is 35.9 Å². The normalized spacial score (nSPS) is 20.6. The van der Waals surface area contributed by atoms with E-state index in [1.54, 1.807) is 31.4 Å². The fourth-order valence-electron chi connectivity index (χ4n) is 4.30. The Morgan fingerprint density at radius 3 is 2.81 bits per heavy atom. The molecule has 4 rings (SSSR count). The minimum Gasteiger partial charge on any atom is -0.393 e. The van der Waals surface area contributed by atoms with Crippen LogP contribution in [-0.2, 0) is 19.2 Å².